The Labute approximate surface area is 114 Å². The molecular formula is C13H13N3O4. The minimum atomic E-state index is -0.541. The summed E-state index contributed by atoms with van der Waals surface area (Å²) in [6, 6.07) is 6.58. The van der Waals surface area contributed by atoms with Crippen LogP contribution >= 0.6 is 0 Å². The van der Waals surface area contributed by atoms with Crippen LogP contribution in [-0.2, 0) is 9.53 Å². The number of nitrogens with zero attached hydrogens (tertiary/aromatic N) is 2. The number of rotatable bonds is 4. The highest BCUT2D eigenvalue weighted by Gasteiger charge is 2.18. The van der Waals surface area contributed by atoms with Crippen molar-refractivity contribution in [2.75, 3.05) is 6.61 Å². The van der Waals surface area contributed by atoms with E-state index in [1.165, 1.54) is 6.92 Å². The van der Waals surface area contributed by atoms with Crippen LogP contribution < -0.4 is 4.74 Å². The number of nitrogens with one attached hydrogen (secondary N) is 1. The average molecular weight is 275 g/mol. The number of hydrogen-bond donors (Lipinski definition) is 1. The predicted octanol–water partition coefficient (Wildman–Crippen LogP) is 1.57. The lowest BCUT2D eigenvalue weighted by molar-refractivity contribution is -0.131. The van der Waals surface area contributed by atoms with Crippen molar-refractivity contribution in [2.45, 2.75) is 13.8 Å². The molecule has 0 saturated heterocycles. The van der Waals surface area contributed by atoms with Gasteiger partial charge in [-0.25, -0.2) is 4.79 Å². The molecule has 1 heterocycles. The summed E-state index contributed by atoms with van der Waals surface area (Å²) in [7, 11) is 0. The molecule has 0 radical (unpaired) electrons. The Balaban J connectivity index is 2.26. The average Bonchev–Trinajstić information content (AvgIpc) is 2.88. The molecule has 1 aromatic heterocycles. The van der Waals surface area contributed by atoms with Crippen molar-refractivity contribution in [3.05, 3.63) is 30.0 Å². The van der Waals surface area contributed by atoms with Crippen molar-refractivity contribution in [3.8, 4) is 17.0 Å². The number of carbonyl (C=O) groups excluding carboxylic acids is 2. The Morgan fingerprint density at radius 3 is 2.50 bits per heavy atom. The van der Waals surface area contributed by atoms with Crippen LogP contribution in [0.25, 0.3) is 11.3 Å². The van der Waals surface area contributed by atoms with Crippen LogP contribution in [0.4, 0.5) is 0 Å². The van der Waals surface area contributed by atoms with Gasteiger partial charge in [0.05, 0.1) is 6.61 Å². The van der Waals surface area contributed by atoms with E-state index in [1.807, 2.05) is 0 Å². The van der Waals surface area contributed by atoms with Gasteiger partial charge in [-0.1, -0.05) is 0 Å². The smallest absolute Gasteiger partial charge is 0.361 e. The monoisotopic (exact) mass is 275 g/mol. The molecule has 20 heavy (non-hydrogen) atoms. The summed E-state index contributed by atoms with van der Waals surface area (Å²) in [4.78, 5) is 22.5. The molecule has 0 aliphatic heterocycles. The highest BCUT2D eigenvalue weighted by Crippen LogP contribution is 2.23. The van der Waals surface area contributed by atoms with E-state index < -0.39 is 11.9 Å². The zero-order chi connectivity index (χ0) is 14.5. The van der Waals surface area contributed by atoms with Gasteiger partial charge in [0, 0.05) is 12.5 Å². The molecule has 0 atom stereocenters. The predicted molar refractivity (Wildman–Crippen MR) is 69.1 cm³/mol. The molecule has 0 bridgehead atoms. The lowest BCUT2D eigenvalue weighted by Crippen LogP contribution is -2.06. The van der Waals surface area contributed by atoms with Gasteiger partial charge >= 0.3 is 11.9 Å². The number of aromatic nitrogens is 3. The Hall–Kier alpha value is -2.70. The van der Waals surface area contributed by atoms with E-state index >= 15 is 0 Å². The second-order valence-corrected chi connectivity index (χ2v) is 3.86. The van der Waals surface area contributed by atoms with Gasteiger partial charge in [-0.2, -0.15) is 10.3 Å². The summed E-state index contributed by atoms with van der Waals surface area (Å²) in [5, 5.41) is 10.1. The second kappa shape index (κ2) is 5.96. The fraction of sp³-hybridized carbons (Fsp3) is 0.231. The summed E-state index contributed by atoms with van der Waals surface area (Å²) >= 11 is 0. The first kappa shape index (κ1) is 13.7. The quantitative estimate of drug-likeness (QED) is 0.672. The molecule has 0 aliphatic rings. The van der Waals surface area contributed by atoms with Gasteiger partial charge in [-0.15, -0.1) is 5.10 Å². The van der Waals surface area contributed by atoms with Crippen LogP contribution in [-0.4, -0.2) is 34.0 Å². The summed E-state index contributed by atoms with van der Waals surface area (Å²) in [6.07, 6.45) is 0. The van der Waals surface area contributed by atoms with Gasteiger partial charge in [0.15, 0.2) is 5.69 Å². The maximum absolute atomic E-state index is 11.7. The van der Waals surface area contributed by atoms with E-state index in [0.717, 1.165) is 0 Å². The van der Waals surface area contributed by atoms with Crippen LogP contribution in [0.5, 0.6) is 5.75 Å². The molecule has 2 aromatic rings. The largest absolute Gasteiger partial charge is 0.461 e. The maximum atomic E-state index is 11.7. The number of esters is 2. The van der Waals surface area contributed by atoms with Gasteiger partial charge in [0.2, 0.25) is 0 Å². The third-order valence-corrected chi connectivity index (χ3v) is 2.41. The minimum Gasteiger partial charge on any atom is -0.461 e. The number of benzene rings is 1. The van der Waals surface area contributed by atoms with Crippen molar-refractivity contribution in [2.24, 2.45) is 0 Å². The highest BCUT2D eigenvalue weighted by atomic mass is 16.5. The van der Waals surface area contributed by atoms with Gasteiger partial charge in [-0.05, 0) is 31.2 Å². The van der Waals surface area contributed by atoms with Crippen molar-refractivity contribution in [3.63, 3.8) is 0 Å². The SMILES string of the molecule is CCOC(=O)c1n[nH]nc1-c1ccc(OC(C)=O)cc1. The van der Waals surface area contributed by atoms with Crippen molar-refractivity contribution < 1.29 is 19.1 Å². The first-order valence-corrected chi connectivity index (χ1v) is 5.98. The maximum Gasteiger partial charge on any atom is 0.361 e. The topological polar surface area (TPSA) is 94.2 Å². The van der Waals surface area contributed by atoms with Crippen LogP contribution in [0.15, 0.2) is 24.3 Å². The zero-order valence-corrected chi connectivity index (χ0v) is 11.0. The Morgan fingerprint density at radius 2 is 1.90 bits per heavy atom. The number of ether oxygens (including phenoxy) is 2. The van der Waals surface area contributed by atoms with E-state index in [-0.39, 0.29) is 12.3 Å². The van der Waals surface area contributed by atoms with Crippen LogP contribution in [0.3, 0.4) is 0 Å². The molecular weight excluding hydrogens is 262 g/mol. The van der Waals surface area contributed by atoms with E-state index in [1.54, 1.807) is 31.2 Å². The molecule has 7 nitrogen and oxygen atoms in total. The molecule has 104 valence electrons. The van der Waals surface area contributed by atoms with Gasteiger partial charge < -0.3 is 9.47 Å². The molecule has 0 amide bonds. The van der Waals surface area contributed by atoms with Gasteiger partial charge in [-0.3, -0.25) is 4.79 Å². The molecule has 0 aliphatic carbocycles. The number of aromatic amines is 1. The molecule has 0 spiro atoms. The third kappa shape index (κ3) is 3.00. The van der Waals surface area contributed by atoms with E-state index in [2.05, 4.69) is 15.4 Å². The van der Waals surface area contributed by atoms with Crippen LogP contribution in [0, 0.1) is 0 Å². The lowest BCUT2D eigenvalue weighted by Gasteiger charge is -2.03. The third-order valence-electron chi connectivity index (χ3n) is 2.41. The molecule has 0 saturated carbocycles. The van der Waals surface area contributed by atoms with Crippen LogP contribution in [0.1, 0.15) is 24.3 Å². The number of carbonyl (C=O) groups is 2. The lowest BCUT2D eigenvalue weighted by atomic mass is 10.1. The fourth-order valence-electron chi connectivity index (χ4n) is 1.62. The van der Waals surface area contributed by atoms with Gasteiger partial charge in [0.25, 0.3) is 0 Å². The first-order chi connectivity index (χ1) is 9.61. The number of hydrogen-bond acceptors (Lipinski definition) is 6. The van der Waals surface area contributed by atoms with Crippen molar-refractivity contribution >= 4 is 11.9 Å². The van der Waals surface area contributed by atoms with E-state index in [0.29, 0.717) is 17.0 Å². The highest BCUT2D eigenvalue weighted by molar-refractivity contribution is 5.93. The second-order valence-electron chi connectivity index (χ2n) is 3.86. The summed E-state index contributed by atoms with van der Waals surface area (Å²) in [5.74, 6) is -0.519. The molecule has 0 fully saturated rings. The molecule has 2 rings (SSSR count). The molecule has 1 aromatic carbocycles. The number of H-pyrrole nitrogens is 1. The Morgan fingerprint density at radius 1 is 1.20 bits per heavy atom. The molecule has 1 N–H and O–H groups in total. The van der Waals surface area contributed by atoms with Crippen molar-refractivity contribution in [1.29, 1.82) is 0 Å². The standard InChI is InChI=1S/C13H13N3O4/c1-3-19-13(18)12-11(14-16-15-12)9-4-6-10(7-5-9)20-8(2)17/h4-7H,3H2,1-2H3,(H,14,15,16). The Kier molecular flexibility index (Phi) is 4.09. The summed E-state index contributed by atoms with van der Waals surface area (Å²) in [5.41, 5.74) is 1.17. The molecule has 7 heteroatoms. The molecule has 0 unspecified atom stereocenters. The van der Waals surface area contributed by atoms with Gasteiger partial charge in [0.1, 0.15) is 11.4 Å². The van der Waals surface area contributed by atoms with Crippen molar-refractivity contribution in [1.82, 2.24) is 15.4 Å². The zero-order valence-electron chi connectivity index (χ0n) is 11.0. The van der Waals surface area contributed by atoms with E-state index in [4.69, 9.17) is 9.47 Å². The fourth-order valence-corrected chi connectivity index (χ4v) is 1.62. The van der Waals surface area contributed by atoms with Crippen LogP contribution in [0.2, 0.25) is 0 Å². The first-order valence-electron chi connectivity index (χ1n) is 5.98. The van der Waals surface area contributed by atoms with E-state index in [9.17, 15) is 9.59 Å². The Bertz CT molecular complexity index is 619. The minimum absolute atomic E-state index is 0.118. The summed E-state index contributed by atoms with van der Waals surface area (Å²) in [6.45, 7) is 3.30. The summed E-state index contributed by atoms with van der Waals surface area (Å²) < 4.78 is 9.82. The normalized spacial score (nSPS) is 10.1.